The number of halogens is 1. The van der Waals surface area contributed by atoms with Crippen molar-refractivity contribution in [2.75, 3.05) is 0 Å². The predicted octanol–water partition coefficient (Wildman–Crippen LogP) is 2.51. The Morgan fingerprint density at radius 3 is 2.83 bits per heavy atom. The normalized spacial score (nSPS) is 10.5. The molecule has 0 unspecified atom stereocenters. The minimum Gasteiger partial charge on any atom is -0.304 e. The number of unbranched alkanes of at least 4 members (excludes halogenated alkanes) is 3. The standard InChI is InChI=1S/C8H14ClN3/c1-2-3-4-5-6-12-7-10-11-8(12)9/h7H,2-6H2,1H3. The lowest BCUT2D eigenvalue weighted by atomic mass is 10.2. The quantitative estimate of drug-likeness (QED) is 0.664. The molecule has 0 bridgehead atoms. The molecule has 68 valence electrons. The van der Waals surface area contributed by atoms with Crippen molar-refractivity contribution in [3.63, 3.8) is 0 Å². The molecule has 0 saturated carbocycles. The molecule has 0 amide bonds. The van der Waals surface area contributed by atoms with E-state index < -0.39 is 0 Å². The Hall–Kier alpha value is -0.570. The number of aryl methyl sites for hydroxylation is 1. The smallest absolute Gasteiger partial charge is 0.224 e. The lowest BCUT2D eigenvalue weighted by Crippen LogP contribution is -1.96. The second-order valence-electron chi connectivity index (χ2n) is 2.85. The average Bonchev–Trinajstić information content (AvgIpc) is 2.46. The van der Waals surface area contributed by atoms with E-state index in [4.69, 9.17) is 11.6 Å². The molecule has 4 heteroatoms. The largest absolute Gasteiger partial charge is 0.304 e. The van der Waals surface area contributed by atoms with Gasteiger partial charge >= 0.3 is 0 Å². The Labute approximate surface area is 77.8 Å². The minimum atomic E-state index is 0.492. The highest BCUT2D eigenvalue weighted by Gasteiger charge is 1.98. The van der Waals surface area contributed by atoms with Gasteiger partial charge in [0.25, 0.3) is 0 Å². The van der Waals surface area contributed by atoms with Gasteiger partial charge in [-0.05, 0) is 18.0 Å². The first-order valence-electron chi connectivity index (χ1n) is 4.38. The average molecular weight is 188 g/mol. The highest BCUT2D eigenvalue weighted by atomic mass is 35.5. The van der Waals surface area contributed by atoms with Crippen LogP contribution in [0, 0.1) is 0 Å². The third-order valence-electron chi connectivity index (χ3n) is 1.82. The van der Waals surface area contributed by atoms with Crippen molar-refractivity contribution in [3.8, 4) is 0 Å². The van der Waals surface area contributed by atoms with E-state index in [0.717, 1.165) is 13.0 Å². The maximum atomic E-state index is 5.74. The molecule has 1 aromatic heterocycles. The lowest BCUT2D eigenvalue weighted by molar-refractivity contribution is 0.581. The highest BCUT2D eigenvalue weighted by molar-refractivity contribution is 6.28. The van der Waals surface area contributed by atoms with Gasteiger partial charge in [0.1, 0.15) is 6.33 Å². The van der Waals surface area contributed by atoms with Gasteiger partial charge in [0.2, 0.25) is 5.28 Å². The van der Waals surface area contributed by atoms with Gasteiger partial charge in [0, 0.05) is 6.54 Å². The van der Waals surface area contributed by atoms with Crippen LogP contribution in [-0.2, 0) is 6.54 Å². The third kappa shape index (κ3) is 2.81. The Kier molecular flexibility index (Phi) is 4.08. The molecule has 0 fully saturated rings. The molecule has 1 rings (SSSR count). The number of nitrogens with zero attached hydrogens (tertiary/aromatic N) is 3. The number of aromatic nitrogens is 3. The summed E-state index contributed by atoms with van der Waals surface area (Å²) in [6.07, 6.45) is 6.64. The van der Waals surface area contributed by atoms with Crippen molar-refractivity contribution < 1.29 is 0 Å². The van der Waals surface area contributed by atoms with Crippen LogP contribution in [-0.4, -0.2) is 14.8 Å². The molecule has 0 aliphatic heterocycles. The zero-order chi connectivity index (χ0) is 8.81. The highest BCUT2D eigenvalue weighted by Crippen LogP contribution is 2.06. The topological polar surface area (TPSA) is 30.7 Å². The maximum Gasteiger partial charge on any atom is 0.224 e. The van der Waals surface area contributed by atoms with E-state index >= 15 is 0 Å². The zero-order valence-electron chi connectivity index (χ0n) is 7.33. The van der Waals surface area contributed by atoms with Crippen LogP contribution in [0.1, 0.15) is 32.6 Å². The van der Waals surface area contributed by atoms with Crippen molar-refractivity contribution in [1.29, 1.82) is 0 Å². The number of hydrogen-bond donors (Lipinski definition) is 0. The fraction of sp³-hybridized carbons (Fsp3) is 0.750. The van der Waals surface area contributed by atoms with Crippen molar-refractivity contribution in [3.05, 3.63) is 11.6 Å². The molecule has 0 atom stereocenters. The Balaban J connectivity index is 2.20. The molecular formula is C8H14ClN3. The van der Waals surface area contributed by atoms with Gasteiger partial charge in [-0.2, -0.15) is 0 Å². The summed E-state index contributed by atoms with van der Waals surface area (Å²) in [5.74, 6) is 0. The van der Waals surface area contributed by atoms with Crippen LogP contribution in [0.5, 0.6) is 0 Å². The molecule has 1 heterocycles. The van der Waals surface area contributed by atoms with E-state index in [1.54, 1.807) is 6.33 Å². The van der Waals surface area contributed by atoms with E-state index in [9.17, 15) is 0 Å². The van der Waals surface area contributed by atoms with Gasteiger partial charge in [-0.3, -0.25) is 0 Å². The van der Waals surface area contributed by atoms with E-state index in [-0.39, 0.29) is 0 Å². The third-order valence-corrected chi connectivity index (χ3v) is 2.11. The van der Waals surface area contributed by atoms with Crippen LogP contribution in [0.2, 0.25) is 5.28 Å². The van der Waals surface area contributed by atoms with Crippen molar-refractivity contribution in [2.45, 2.75) is 39.2 Å². The molecular weight excluding hydrogens is 174 g/mol. The molecule has 1 aromatic rings. The molecule has 0 N–H and O–H groups in total. The summed E-state index contributed by atoms with van der Waals surface area (Å²) in [5, 5.41) is 7.89. The Morgan fingerprint density at radius 1 is 1.42 bits per heavy atom. The van der Waals surface area contributed by atoms with Gasteiger partial charge in [-0.15, -0.1) is 10.2 Å². The van der Waals surface area contributed by atoms with Gasteiger partial charge in [-0.25, -0.2) is 0 Å². The number of rotatable bonds is 5. The minimum absolute atomic E-state index is 0.492. The van der Waals surface area contributed by atoms with Gasteiger partial charge in [0.05, 0.1) is 0 Å². The summed E-state index contributed by atoms with van der Waals surface area (Å²) in [6.45, 7) is 3.14. The van der Waals surface area contributed by atoms with Crippen LogP contribution in [0.15, 0.2) is 6.33 Å². The monoisotopic (exact) mass is 187 g/mol. The van der Waals surface area contributed by atoms with E-state index in [2.05, 4.69) is 17.1 Å². The van der Waals surface area contributed by atoms with Crippen molar-refractivity contribution in [1.82, 2.24) is 14.8 Å². The van der Waals surface area contributed by atoms with Crippen molar-refractivity contribution >= 4 is 11.6 Å². The summed E-state index contributed by atoms with van der Waals surface area (Å²) in [7, 11) is 0. The molecule has 0 spiro atoms. The van der Waals surface area contributed by atoms with Crippen LogP contribution >= 0.6 is 11.6 Å². The first-order chi connectivity index (χ1) is 5.84. The molecule has 0 saturated heterocycles. The number of hydrogen-bond acceptors (Lipinski definition) is 2. The van der Waals surface area contributed by atoms with Gasteiger partial charge in [0.15, 0.2) is 0 Å². The first-order valence-corrected chi connectivity index (χ1v) is 4.75. The molecule has 0 aliphatic carbocycles. The molecule has 3 nitrogen and oxygen atoms in total. The Morgan fingerprint density at radius 2 is 2.25 bits per heavy atom. The summed E-state index contributed by atoms with van der Waals surface area (Å²) in [5.41, 5.74) is 0. The fourth-order valence-electron chi connectivity index (χ4n) is 1.10. The SMILES string of the molecule is CCCCCCn1cnnc1Cl. The summed E-state index contributed by atoms with van der Waals surface area (Å²) in [4.78, 5) is 0. The fourth-order valence-corrected chi connectivity index (χ4v) is 1.27. The summed E-state index contributed by atoms with van der Waals surface area (Å²) >= 11 is 5.74. The lowest BCUT2D eigenvalue weighted by Gasteiger charge is -2.00. The summed E-state index contributed by atoms with van der Waals surface area (Å²) in [6, 6.07) is 0. The van der Waals surface area contributed by atoms with Crippen LogP contribution in [0.4, 0.5) is 0 Å². The van der Waals surface area contributed by atoms with E-state index in [1.807, 2.05) is 4.57 Å². The molecule has 0 radical (unpaired) electrons. The van der Waals surface area contributed by atoms with Crippen LogP contribution in [0.3, 0.4) is 0 Å². The predicted molar refractivity (Wildman–Crippen MR) is 49.2 cm³/mol. The summed E-state index contributed by atoms with van der Waals surface area (Å²) < 4.78 is 1.87. The van der Waals surface area contributed by atoms with Gasteiger partial charge in [-0.1, -0.05) is 26.2 Å². The Bertz CT molecular complexity index is 222. The first kappa shape index (κ1) is 9.52. The maximum absolute atomic E-state index is 5.74. The molecule has 0 aromatic carbocycles. The molecule has 12 heavy (non-hydrogen) atoms. The molecule has 0 aliphatic rings. The van der Waals surface area contributed by atoms with E-state index in [1.165, 1.54) is 19.3 Å². The van der Waals surface area contributed by atoms with Crippen LogP contribution in [0.25, 0.3) is 0 Å². The zero-order valence-corrected chi connectivity index (χ0v) is 8.09. The van der Waals surface area contributed by atoms with Crippen molar-refractivity contribution in [2.24, 2.45) is 0 Å². The second-order valence-corrected chi connectivity index (χ2v) is 3.19. The van der Waals surface area contributed by atoms with E-state index in [0.29, 0.717) is 5.28 Å². The van der Waals surface area contributed by atoms with Gasteiger partial charge < -0.3 is 4.57 Å². The second kappa shape index (κ2) is 5.14. The van der Waals surface area contributed by atoms with Crippen LogP contribution < -0.4 is 0 Å².